The molecular weight excluding hydrogens is 248 g/mol. The standard InChI is InChI=1S/C18H20O2/c1-9-10(2)12(4)18-14(6)16(8-20)15(7-19)13(5)17(18)11(9)3/h7-8H,1-6H3. The summed E-state index contributed by atoms with van der Waals surface area (Å²) in [4.78, 5) is 22.8. The van der Waals surface area contributed by atoms with Crippen LogP contribution < -0.4 is 0 Å². The zero-order chi connectivity index (χ0) is 15.2. The molecule has 0 bridgehead atoms. The first kappa shape index (κ1) is 14.4. The lowest BCUT2D eigenvalue weighted by Gasteiger charge is -2.20. The Morgan fingerprint density at radius 3 is 1.05 bits per heavy atom. The van der Waals surface area contributed by atoms with Crippen molar-refractivity contribution >= 4 is 23.3 Å². The largest absolute Gasteiger partial charge is 0.298 e. The van der Waals surface area contributed by atoms with E-state index < -0.39 is 0 Å². The van der Waals surface area contributed by atoms with Crippen LogP contribution >= 0.6 is 0 Å². The van der Waals surface area contributed by atoms with E-state index in [1.54, 1.807) is 0 Å². The van der Waals surface area contributed by atoms with E-state index in [1.807, 2.05) is 13.8 Å². The number of rotatable bonds is 2. The van der Waals surface area contributed by atoms with Gasteiger partial charge >= 0.3 is 0 Å². The Hall–Kier alpha value is -1.96. The maximum absolute atomic E-state index is 11.4. The van der Waals surface area contributed by atoms with E-state index in [0.29, 0.717) is 11.1 Å². The highest BCUT2D eigenvalue weighted by molar-refractivity contribution is 6.06. The van der Waals surface area contributed by atoms with Gasteiger partial charge in [-0.05, 0) is 85.7 Å². The van der Waals surface area contributed by atoms with Crippen LogP contribution in [0.2, 0.25) is 0 Å². The molecule has 0 amide bonds. The molecule has 0 spiro atoms. The van der Waals surface area contributed by atoms with Crippen LogP contribution in [0.5, 0.6) is 0 Å². The molecule has 0 unspecified atom stereocenters. The predicted octanol–water partition coefficient (Wildman–Crippen LogP) is 4.32. The van der Waals surface area contributed by atoms with E-state index in [2.05, 4.69) is 27.7 Å². The second kappa shape index (κ2) is 4.86. The van der Waals surface area contributed by atoms with Crippen molar-refractivity contribution in [3.63, 3.8) is 0 Å². The number of carbonyl (C=O) groups is 2. The van der Waals surface area contributed by atoms with Crippen LogP contribution in [0.15, 0.2) is 0 Å². The van der Waals surface area contributed by atoms with Crippen LogP contribution in [0.3, 0.4) is 0 Å². The highest BCUT2D eigenvalue weighted by Crippen LogP contribution is 2.36. The Morgan fingerprint density at radius 2 is 0.800 bits per heavy atom. The summed E-state index contributed by atoms with van der Waals surface area (Å²) in [6.45, 7) is 12.3. The fraction of sp³-hybridized carbons (Fsp3) is 0.333. The van der Waals surface area contributed by atoms with Crippen LogP contribution in [-0.2, 0) is 0 Å². The first-order valence-corrected chi connectivity index (χ1v) is 6.80. The van der Waals surface area contributed by atoms with Crippen LogP contribution in [-0.4, -0.2) is 12.6 Å². The Bertz CT molecular complexity index is 688. The van der Waals surface area contributed by atoms with Gasteiger partial charge < -0.3 is 0 Å². The topological polar surface area (TPSA) is 34.1 Å². The average Bonchev–Trinajstić information content (AvgIpc) is 2.43. The minimum atomic E-state index is 0.524. The van der Waals surface area contributed by atoms with Crippen molar-refractivity contribution in [2.24, 2.45) is 0 Å². The molecule has 2 heteroatoms. The lowest BCUT2D eigenvalue weighted by molar-refractivity contribution is 0.109. The van der Waals surface area contributed by atoms with Crippen molar-refractivity contribution in [2.45, 2.75) is 41.5 Å². The lowest BCUT2D eigenvalue weighted by atomic mass is 9.83. The fourth-order valence-electron chi connectivity index (χ4n) is 3.23. The van der Waals surface area contributed by atoms with Crippen molar-refractivity contribution in [3.8, 4) is 0 Å². The summed E-state index contributed by atoms with van der Waals surface area (Å²) in [5.41, 5.74) is 7.78. The highest BCUT2D eigenvalue weighted by atomic mass is 16.1. The van der Waals surface area contributed by atoms with Gasteiger partial charge in [0.15, 0.2) is 12.6 Å². The van der Waals surface area contributed by atoms with Gasteiger partial charge in [-0.1, -0.05) is 0 Å². The van der Waals surface area contributed by atoms with Gasteiger partial charge in [-0.25, -0.2) is 0 Å². The third kappa shape index (κ3) is 1.71. The van der Waals surface area contributed by atoms with E-state index in [9.17, 15) is 9.59 Å². The molecule has 20 heavy (non-hydrogen) atoms. The SMILES string of the molecule is Cc1c(C)c(C)c2c(C)c(C=O)c(C=O)c(C)c2c1C. The summed E-state index contributed by atoms with van der Waals surface area (Å²) in [5.74, 6) is 0. The molecule has 104 valence electrons. The fourth-order valence-corrected chi connectivity index (χ4v) is 3.23. The van der Waals surface area contributed by atoms with Crippen molar-refractivity contribution in [1.29, 1.82) is 0 Å². The monoisotopic (exact) mass is 268 g/mol. The molecule has 2 aromatic rings. The van der Waals surface area contributed by atoms with E-state index in [0.717, 1.165) is 34.5 Å². The molecule has 0 atom stereocenters. The highest BCUT2D eigenvalue weighted by Gasteiger charge is 2.19. The molecule has 2 nitrogen and oxygen atoms in total. The lowest BCUT2D eigenvalue weighted by Crippen LogP contribution is -2.05. The summed E-state index contributed by atoms with van der Waals surface area (Å²) in [6, 6.07) is 0. The zero-order valence-corrected chi connectivity index (χ0v) is 13.0. The molecule has 0 aromatic heterocycles. The molecule has 0 radical (unpaired) electrons. The quantitative estimate of drug-likeness (QED) is 0.760. The van der Waals surface area contributed by atoms with Crippen LogP contribution in [0.4, 0.5) is 0 Å². The third-order valence-corrected chi connectivity index (χ3v) is 4.77. The minimum Gasteiger partial charge on any atom is -0.298 e. The van der Waals surface area contributed by atoms with Crippen molar-refractivity contribution in [3.05, 3.63) is 44.5 Å². The van der Waals surface area contributed by atoms with Gasteiger partial charge in [-0.3, -0.25) is 9.59 Å². The van der Waals surface area contributed by atoms with Crippen molar-refractivity contribution < 1.29 is 9.59 Å². The van der Waals surface area contributed by atoms with Gasteiger partial charge in [0.05, 0.1) is 0 Å². The summed E-state index contributed by atoms with van der Waals surface area (Å²) in [6.07, 6.45) is 1.60. The Labute approximate surface area is 119 Å². The molecule has 0 N–H and O–H groups in total. The van der Waals surface area contributed by atoms with Crippen LogP contribution in [0.1, 0.15) is 54.1 Å². The number of hydrogen-bond acceptors (Lipinski definition) is 2. The van der Waals surface area contributed by atoms with Crippen LogP contribution in [0, 0.1) is 41.5 Å². The smallest absolute Gasteiger partial charge is 0.151 e. The molecule has 0 fully saturated rings. The maximum atomic E-state index is 11.4. The molecule has 0 aliphatic carbocycles. The first-order chi connectivity index (χ1) is 9.36. The molecule has 0 aliphatic rings. The predicted molar refractivity (Wildman–Crippen MR) is 83.1 cm³/mol. The molecule has 0 heterocycles. The van der Waals surface area contributed by atoms with Gasteiger partial charge in [0.25, 0.3) is 0 Å². The van der Waals surface area contributed by atoms with Crippen molar-refractivity contribution in [1.82, 2.24) is 0 Å². The zero-order valence-electron chi connectivity index (χ0n) is 13.0. The molecular formula is C18H20O2. The molecule has 0 aliphatic heterocycles. The second-order valence-electron chi connectivity index (χ2n) is 5.56. The van der Waals surface area contributed by atoms with Gasteiger partial charge in [0, 0.05) is 11.1 Å². The molecule has 0 saturated heterocycles. The number of aldehydes is 2. The third-order valence-electron chi connectivity index (χ3n) is 4.77. The average molecular weight is 268 g/mol. The first-order valence-electron chi connectivity index (χ1n) is 6.80. The van der Waals surface area contributed by atoms with E-state index in [-0.39, 0.29) is 0 Å². The number of hydrogen-bond donors (Lipinski definition) is 0. The normalized spacial score (nSPS) is 10.9. The van der Waals surface area contributed by atoms with E-state index in [1.165, 1.54) is 22.3 Å². The Morgan fingerprint density at radius 1 is 0.500 bits per heavy atom. The number of benzene rings is 2. The summed E-state index contributed by atoms with van der Waals surface area (Å²) >= 11 is 0. The van der Waals surface area contributed by atoms with Crippen molar-refractivity contribution in [2.75, 3.05) is 0 Å². The van der Waals surface area contributed by atoms with Gasteiger partial charge in [0.2, 0.25) is 0 Å². The second-order valence-corrected chi connectivity index (χ2v) is 5.56. The van der Waals surface area contributed by atoms with Gasteiger partial charge in [-0.15, -0.1) is 0 Å². The van der Waals surface area contributed by atoms with E-state index >= 15 is 0 Å². The molecule has 2 rings (SSSR count). The van der Waals surface area contributed by atoms with Gasteiger partial charge in [-0.2, -0.15) is 0 Å². The number of fused-ring (bicyclic) bond motifs is 1. The minimum absolute atomic E-state index is 0.524. The molecule has 2 aromatic carbocycles. The maximum Gasteiger partial charge on any atom is 0.151 e. The number of aryl methyl sites for hydroxylation is 4. The Balaban J connectivity index is 3.25. The summed E-state index contributed by atoms with van der Waals surface area (Å²) in [5, 5.41) is 2.24. The van der Waals surface area contributed by atoms with Crippen LogP contribution in [0.25, 0.3) is 10.8 Å². The van der Waals surface area contributed by atoms with E-state index in [4.69, 9.17) is 0 Å². The number of carbonyl (C=O) groups excluding carboxylic acids is 2. The Kier molecular flexibility index (Phi) is 3.51. The molecule has 0 saturated carbocycles. The van der Waals surface area contributed by atoms with Gasteiger partial charge in [0.1, 0.15) is 0 Å². The summed E-state index contributed by atoms with van der Waals surface area (Å²) in [7, 11) is 0. The summed E-state index contributed by atoms with van der Waals surface area (Å²) < 4.78 is 0.